The van der Waals surface area contributed by atoms with Gasteiger partial charge in [0, 0.05) is 30.0 Å². The zero-order valence-electron chi connectivity index (χ0n) is 17.8. The predicted molar refractivity (Wildman–Crippen MR) is 124 cm³/mol. The van der Waals surface area contributed by atoms with E-state index < -0.39 is 21.8 Å². The molecule has 9 heteroatoms. The van der Waals surface area contributed by atoms with E-state index >= 15 is 0 Å². The number of carbonyl (C=O) groups is 2. The second-order valence-corrected chi connectivity index (χ2v) is 9.55. The summed E-state index contributed by atoms with van der Waals surface area (Å²) in [6.45, 7) is 2.26. The molecule has 3 aromatic rings. The van der Waals surface area contributed by atoms with Crippen LogP contribution in [-0.2, 0) is 19.6 Å². The third-order valence-corrected chi connectivity index (χ3v) is 6.77. The third-order valence-electron chi connectivity index (χ3n) is 5.37. The standard InChI is InChI=1S/C24H22FN3O4S/c1-16-2-10-21(11-3-16)28-15-17(14-23(28)29)24(30)26-19-6-8-20(9-7-19)27-33(31,32)22-12-4-18(25)5-13-22/h2-13,17,27H,14-15H2,1H3,(H,26,30)/t17-/m0/s1. The van der Waals surface area contributed by atoms with E-state index in [0.29, 0.717) is 17.9 Å². The van der Waals surface area contributed by atoms with Crippen molar-refractivity contribution in [1.29, 1.82) is 0 Å². The van der Waals surface area contributed by atoms with E-state index in [0.717, 1.165) is 23.4 Å². The molecule has 0 aliphatic carbocycles. The van der Waals surface area contributed by atoms with E-state index in [-0.39, 0.29) is 23.1 Å². The number of carbonyl (C=O) groups excluding carboxylic acids is 2. The van der Waals surface area contributed by atoms with Gasteiger partial charge in [0.15, 0.2) is 0 Å². The van der Waals surface area contributed by atoms with Gasteiger partial charge < -0.3 is 10.2 Å². The number of nitrogens with one attached hydrogen (secondary N) is 2. The SMILES string of the molecule is Cc1ccc(N2C[C@@H](C(=O)Nc3ccc(NS(=O)(=O)c4ccc(F)cc4)cc3)CC2=O)cc1. The van der Waals surface area contributed by atoms with E-state index in [1.807, 2.05) is 31.2 Å². The molecule has 1 aliphatic rings. The van der Waals surface area contributed by atoms with Gasteiger partial charge in [0.05, 0.1) is 10.8 Å². The van der Waals surface area contributed by atoms with Gasteiger partial charge in [-0.25, -0.2) is 12.8 Å². The van der Waals surface area contributed by atoms with Crippen LogP contribution in [0.1, 0.15) is 12.0 Å². The normalized spacial score (nSPS) is 16.0. The molecule has 4 rings (SSSR count). The highest BCUT2D eigenvalue weighted by molar-refractivity contribution is 7.92. The van der Waals surface area contributed by atoms with Gasteiger partial charge in [-0.1, -0.05) is 17.7 Å². The average molecular weight is 468 g/mol. The molecule has 2 amide bonds. The first-order valence-electron chi connectivity index (χ1n) is 10.3. The van der Waals surface area contributed by atoms with Gasteiger partial charge in [0.1, 0.15) is 5.82 Å². The molecule has 33 heavy (non-hydrogen) atoms. The highest BCUT2D eigenvalue weighted by Crippen LogP contribution is 2.27. The number of sulfonamides is 1. The maximum atomic E-state index is 13.0. The van der Waals surface area contributed by atoms with Crippen LogP contribution in [0, 0.1) is 18.7 Å². The van der Waals surface area contributed by atoms with Crippen LogP contribution < -0.4 is 14.9 Å². The summed E-state index contributed by atoms with van der Waals surface area (Å²) in [5.74, 6) is -1.40. The van der Waals surface area contributed by atoms with Crippen LogP contribution in [0.4, 0.5) is 21.5 Å². The first kappa shape index (κ1) is 22.5. The molecule has 0 saturated carbocycles. The molecule has 2 N–H and O–H groups in total. The molecule has 7 nitrogen and oxygen atoms in total. The smallest absolute Gasteiger partial charge is 0.261 e. The summed E-state index contributed by atoms with van der Waals surface area (Å²) in [5.41, 5.74) is 2.62. The van der Waals surface area contributed by atoms with Gasteiger partial charge in [-0.05, 0) is 67.6 Å². The van der Waals surface area contributed by atoms with Crippen molar-refractivity contribution in [3.05, 3.63) is 84.2 Å². The molecule has 0 bridgehead atoms. The summed E-state index contributed by atoms with van der Waals surface area (Å²) < 4.78 is 40.3. The zero-order chi connectivity index (χ0) is 23.6. The summed E-state index contributed by atoms with van der Waals surface area (Å²) >= 11 is 0. The van der Waals surface area contributed by atoms with Crippen molar-refractivity contribution >= 4 is 38.9 Å². The highest BCUT2D eigenvalue weighted by atomic mass is 32.2. The van der Waals surface area contributed by atoms with Crippen LogP contribution in [0.15, 0.2) is 77.7 Å². The van der Waals surface area contributed by atoms with Gasteiger partial charge >= 0.3 is 0 Å². The maximum Gasteiger partial charge on any atom is 0.261 e. The van der Waals surface area contributed by atoms with Crippen LogP contribution in [0.2, 0.25) is 0 Å². The number of nitrogens with zero attached hydrogens (tertiary/aromatic N) is 1. The fourth-order valence-corrected chi connectivity index (χ4v) is 4.61. The molecular formula is C24H22FN3O4S. The second-order valence-electron chi connectivity index (χ2n) is 7.87. The molecule has 1 aliphatic heterocycles. The minimum absolute atomic E-state index is 0.0645. The van der Waals surface area contributed by atoms with E-state index in [1.54, 1.807) is 17.0 Å². The van der Waals surface area contributed by atoms with Gasteiger partial charge in [-0.15, -0.1) is 0 Å². The Hall–Kier alpha value is -3.72. The molecule has 0 aromatic heterocycles. The molecule has 1 saturated heterocycles. The molecule has 1 atom stereocenters. The Bertz CT molecular complexity index is 1270. The van der Waals surface area contributed by atoms with Gasteiger partial charge in [-0.2, -0.15) is 0 Å². The zero-order valence-corrected chi connectivity index (χ0v) is 18.6. The Morgan fingerprint density at radius 1 is 0.939 bits per heavy atom. The fraction of sp³-hybridized carbons (Fsp3) is 0.167. The van der Waals surface area contributed by atoms with E-state index in [1.165, 1.54) is 24.3 Å². The number of amides is 2. The molecular weight excluding hydrogens is 445 g/mol. The van der Waals surface area contributed by atoms with Crippen molar-refractivity contribution in [3.63, 3.8) is 0 Å². The van der Waals surface area contributed by atoms with Gasteiger partial charge in [0.2, 0.25) is 11.8 Å². The Balaban J connectivity index is 1.38. The second kappa shape index (κ2) is 9.03. The van der Waals surface area contributed by atoms with Crippen LogP contribution >= 0.6 is 0 Å². The van der Waals surface area contributed by atoms with Crippen molar-refractivity contribution in [2.24, 2.45) is 5.92 Å². The number of aryl methyl sites for hydroxylation is 1. The number of anilines is 3. The molecule has 170 valence electrons. The van der Waals surface area contributed by atoms with Gasteiger partial charge in [0.25, 0.3) is 10.0 Å². The Morgan fingerprint density at radius 3 is 2.18 bits per heavy atom. The van der Waals surface area contributed by atoms with Gasteiger partial charge in [-0.3, -0.25) is 14.3 Å². The lowest BCUT2D eigenvalue weighted by Crippen LogP contribution is -2.28. The number of rotatable bonds is 6. The molecule has 3 aromatic carbocycles. The summed E-state index contributed by atoms with van der Waals surface area (Å²) in [6.07, 6.45) is 0.120. The number of hydrogen-bond donors (Lipinski definition) is 2. The van der Waals surface area contributed by atoms with Crippen molar-refractivity contribution in [2.45, 2.75) is 18.2 Å². The Kier molecular flexibility index (Phi) is 6.15. The summed E-state index contributed by atoms with van der Waals surface area (Å²) in [5, 5.41) is 2.78. The Morgan fingerprint density at radius 2 is 1.55 bits per heavy atom. The largest absolute Gasteiger partial charge is 0.326 e. The average Bonchev–Trinajstić information content (AvgIpc) is 3.17. The summed E-state index contributed by atoms with van der Waals surface area (Å²) in [6, 6.07) is 18.2. The Labute approximate surface area is 191 Å². The van der Waals surface area contributed by atoms with E-state index in [4.69, 9.17) is 0 Å². The lowest BCUT2D eigenvalue weighted by molar-refractivity contribution is -0.122. The third kappa shape index (κ3) is 5.20. The molecule has 0 unspecified atom stereocenters. The van der Waals surface area contributed by atoms with Crippen molar-refractivity contribution in [3.8, 4) is 0 Å². The summed E-state index contributed by atoms with van der Waals surface area (Å²) in [4.78, 5) is 26.6. The molecule has 1 fully saturated rings. The van der Waals surface area contributed by atoms with Crippen molar-refractivity contribution in [1.82, 2.24) is 0 Å². The van der Waals surface area contributed by atoms with Crippen LogP contribution in [-0.4, -0.2) is 26.8 Å². The van der Waals surface area contributed by atoms with Crippen LogP contribution in [0.3, 0.4) is 0 Å². The first-order chi connectivity index (χ1) is 15.7. The van der Waals surface area contributed by atoms with Crippen LogP contribution in [0.25, 0.3) is 0 Å². The van der Waals surface area contributed by atoms with E-state index in [2.05, 4.69) is 10.0 Å². The summed E-state index contributed by atoms with van der Waals surface area (Å²) in [7, 11) is -3.87. The molecule has 0 spiro atoms. The lowest BCUT2D eigenvalue weighted by atomic mass is 10.1. The predicted octanol–water partition coefficient (Wildman–Crippen LogP) is 3.93. The van der Waals surface area contributed by atoms with E-state index in [9.17, 15) is 22.4 Å². The maximum absolute atomic E-state index is 13.0. The fourth-order valence-electron chi connectivity index (χ4n) is 3.55. The number of benzene rings is 3. The van der Waals surface area contributed by atoms with Crippen LogP contribution in [0.5, 0.6) is 0 Å². The van der Waals surface area contributed by atoms with Crippen molar-refractivity contribution in [2.75, 3.05) is 21.5 Å². The number of hydrogen-bond acceptors (Lipinski definition) is 4. The minimum atomic E-state index is -3.87. The number of halogens is 1. The topological polar surface area (TPSA) is 95.6 Å². The minimum Gasteiger partial charge on any atom is -0.326 e. The molecule has 0 radical (unpaired) electrons. The monoisotopic (exact) mass is 467 g/mol. The molecule has 1 heterocycles. The highest BCUT2D eigenvalue weighted by Gasteiger charge is 2.35. The quantitative estimate of drug-likeness (QED) is 0.574. The van der Waals surface area contributed by atoms with Crippen molar-refractivity contribution < 1.29 is 22.4 Å². The first-order valence-corrected chi connectivity index (χ1v) is 11.8. The lowest BCUT2D eigenvalue weighted by Gasteiger charge is -2.17.